The second kappa shape index (κ2) is 9.31. The monoisotopic (exact) mass is 530 g/mol. The summed E-state index contributed by atoms with van der Waals surface area (Å²) in [6.07, 6.45) is -3.60. The molecule has 1 aromatic heterocycles. The zero-order valence-electron chi connectivity index (χ0n) is 16.0. The minimum atomic E-state index is -4.76. The van der Waals surface area contributed by atoms with Crippen LogP contribution in [0.2, 0.25) is 10.0 Å². The lowest BCUT2D eigenvalue weighted by Crippen LogP contribution is -2.07. The van der Waals surface area contributed by atoms with Crippen molar-refractivity contribution in [3.63, 3.8) is 0 Å². The smallest absolute Gasteiger partial charge is 0.449 e. The molecule has 0 unspecified atom stereocenters. The van der Waals surface area contributed by atoms with Crippen molar-refractivity contribution in [1.29, 1.82) is 0 Å². The average Bonchev–Trinajstić information content (AvgIpc) is 3.06. The van der Waals surface area contributed by atoms with Gasteiger partial charge in [-0.25, -0.2) is 4.99 Å². The van der Waals surface area contributed by atoms with Gasteiger partial charge in [-0.05, 0) is 35.9 Å². The van der Waals surface area contributed by atoms with E-state index in [1.54, 1.807) is 0 Å². The molecule has 0 spiro atoms. The number of hydrogen-bond donors (Lipinski definition) is 1. The van der Waals surface area contributed by atoms with E-state index in [2.05, 4.69) is 15.1 Å². The summed E-state index contributed by atoms with van der Waals surface area (Å²) in [5.74, 6) is -0.509. The van der Waals surface area contributed by atoms with Gasteiger partial charge in [0.15, 0.2) is 11.5 Å². The standard InChI is InChI=1S/C18H10Cl2F6N4O2S/c1-32-13-4-8(2-3-12(13)31)7-27-15-28-16(33-18(24,25)26)29-30(15)14-10(19)5-9(6-11(14)20)17(21,22)23/h2-7,31H,1H3. The Bertz CT molecular complexity index is 1190. The van der Waals surface area contributed by atoms with Crippen molar-refractivity contribution in [2.24, 2.45) is 4.99 Å². The third kappa shape index (κ3) is 6.03. The van der Waals surface area contributed by atoms with E-state index in [9.17, 15) is 31.4 Å². The van der Waals surface area contributed by atoms with Crippen LogP contribution >= 0.6 is 35.0 Å². The minimum absolute atomic E-state index is 0.0996. The number of phenols is 1. The van der Waals surface area contributed by atoms with E-state index in [0.29, 0.717) is 22.4 Å². The van der Waals surface area contributed by atoms with Crippen LogP contribution in [-0.4, -0.2) is 38.7 Å². The lowest BCUT2D eigenvalue weighted by atomic mass is 10.2. The van der Waals surface area contributed by atoms with E-state index in [4.69, 9.17) is 27.9 Å². The number of benzene rings is 2. The van der Waals surface area contributed by atoms with Gasteiger partial charge in [0.05, 0.1) is 22.7 Å². The maximum absolute atomic E-state index is 13.0. The van der Waals surface area contributed by atoms with Gasteiger partial charge in [-0.15, -0.1) is 5.10 Å². The average molecular weight is 531 g/mol. The predicted octanol–water partition coefficient (Wildman–Crippen LogP) is 6.67. The molecule has 0 aliphatic heterocycles. The molecule has 0 fully saturated rings. The van der Waals surface area contributed by atoms with E-state index in [1.165, 1.54) is 25.3 Å². The predicted molar refractivity (Wildman–Crippen MR) is 110 cm³/mol. The highest BCUT2D eigenvalue weighted by Gasteiger charge is 2.34. The number of rotatable bonds is 5. The Morgan fingerprint density at radius 1 is 1.09 bits per heavy atom. The van der Waals surface area contributed by atoms with Crippen molar-refractivity contribution in [3.8, 4) is 17.2 Å². The van der Waals surface area contributed by atoms with E-state index < -0.39 is 50.2 Å². The first-order chi connectivity index (χ1) is 15.3. The minimum Gasteiger partial charge on any atom is -0.504 e. The fourth-order valence-electron chi connectivity index (χ4n) is 2.50. The first-order valence-electron chi connectivity index (χ1n) is 8.49. The molecule has 0 aliphatic carbocycles. The summed E-state index contributed by atoms with van der Waals surface area (Å²) < 4.78 is 83.2. The zero-order chi connectivity index (χ0) is 24.6. The molecule has 1 heterocycles. The topological polar surface area (TPSA) is 72.5 Å². The summed E-state index contributed by atoms with van der Waals surface area (Å²) in [7, 11) is 1.31. The van der Waals surface area contributed by atoms with Crippen LogP contribution in [0.1, 0.15) is 11.1 Å². The number of alkyl halides is 6. The Kier molecular flexibility index (Phi) is 7.05. The van der Waals surface area contributed by atoms with Crippen LogP contribution in [0, 0.1) is 0 Å². The Balaban J connectivity index is 2.12. The maximum Gasteiger partial charge on any atom is 0.449 e. The molecule has 0 bridgehead atoms. The van der Waals surface area contributed by atoms with Gasteiger partial charge < -0.3 is 9.84 Å². The molecule has 3 rings (SSSR count). The number of ether oxygens (including phenoxy) is 1. The number of aromatic hydroxyl groups is 1. The fraction of sp³-hybridized carbons (Fsp3) is 0.167. The van der Waals surface area contributed by atoms with Crippen LogP contribution in [0.5, 0.6) is 11.5 Å². The summed E-state index contributed by atoms with van der Waals surface area (Å²) >= 11 is 11.3. The molecule has 0 saturated heterocycles. The molecule has 0 amide bonds. The van der Waals surface area contributed by atoms with E-state index >= 15 is 0 Å². The van der Waals surface area contributed by atoms with Gasteiger partial charge >= 0.3 is 11.7 Å². The molecule has 176 valence electrons. The number of aliphatic imine (C=N–C) groups is 1. The molecule has 15 heteroatoms. The summed E-state index contributed by atoms with van der Waals surface area (Å²) in [6.45, 7) is 0. The summed E-state index contributed by atoms with van der Waals surface area (Å²) in [5.41, 5.74) is -5.89. The lowest BCUT2D eigenvalue weighted by molar-refractivity contribution is -0.137. The van der Waals surface area contributed by atoms with Crippen molar-refractivity contribution in [3.05, 3.63) is 51.5 Å². The van der Waals surface area contributed by atoms with Crippen LogP contribution in [-0.2, 0) is 6.18 Å². The van der Waals surface area contributed by atoms with Crippen LogP contribution in [0.25, 0.3) is 5.69 Å². The second-order valence-corrected chi connectivity index (χ2v) is 7.98. The highest BCUT2D eigenvalue weighted by molar-refractivity contribution is 8.00. The largest absolute Gasteiger partial charge is 0.504 e. The normalized spacial score (nSPS) is 12.5. The molecule has 0 radical (unpaired) electrons. The SMILES string of the molecule is COc1cc(C=Nc2nc(SC(F)(F)F)nn2-c2c(Cl)cc(C(F)(F)F)cc2Cl)ccc1O. The fourth-order valence-corrected chi connectivity index (χ4v) is 3.61. The van der Waals surface area contributed by atoms with Crippen molar-refractivity contribution in [2.45, 2.75) is 16.8 Å². The van der Waals surface area contributed by atoms with Gasteiger partial charge in [-0.3, -0.25) is 0 Å². The second-order valence-electron chi connectivity index (χ2n) is 6.13. The molecule has 0 saturated carbocycles. The van der Waals surface area contributed by atoms with Crippen molar-refractivity contribution in [2.75, 3.05) is 7.11 Å². The number of nitrogens with zero attached hydrogens (tertiary/aromatic N) is 4. The van der Waals surface area contributed by atoms with E-state index in [0.717, 1.165) is 6.21 Å². The number of hydrogen-bond acceptors (Lipinski definition) is 6. The summed E-state index contributed by atoms with van der Waals surface area (Å²) in [6, 6.07) is 5.20. The highest BCUT2D eigenvalue weighted by atomic mass is 35.5. The molecule has 6 nitrogen and oxygen atoms in total. The first kappa shape index (κ1) is 25.0. The Labute approximate surface area is 195 Å². The molecule has 3 aromatic rings. The van der Waals surface area contributed by atoms with Gasteiger partial charge in [-0.1, -0.05) is 23.2 Å². The summed E-state index contributed by atoms with van der Waals surface area (Å²) in [4.78, 5) is 7.65. The quantitative estimate of drug-likeness (QED) is 0.226. The molecule has 0 atom stereocenters. The number of methoxy groups -OCH3 is 1. The molecule has 33 heavy (non-hydrogen) atoms. The van der Waals surface area contributed by atoms with Gasteiger partial charge in [0.25, 0.3) is 5.95 Å². The number of aromatic nitrogens is 3. The van der Waals surface area contributed by atoms with Crippen molar-refractivity contribution < 1.29 is 36.2 Å². The van der Waals surface area contributed by atoms with Crippen molar-refractivity contribution >= 4 is 47.1 Å². The van der Waals surface area contributed by atoms with E-state index in [1.807, 2.05) is 0 Å². The van der Waals surface area contributed by atoms with Gasteiger partial charge in [0, 0.05) is 18.0 Å². The van der Waals surface area contributed by atoms with Gasteiger partial charge in [-0.2, -0.15) is 36.0 Å². The van der Waals surface area contributed by atoms with Crippen LogP contribution in [0.4, 0.5) is 32.3 Å². The Hall–Kier alpha value is -2.64. The third-order valence-electron chi connectivity index (χ3n) is 3.87. The maximum atomic E-state index is 13.0. The van der Waals surface area contributed by atoms with Crippen LogP contribution in [0.3, 0.4) is 0 Å². The summed E-state index contributed by atoms with van der Waals surface area (Å²) in [5, 5.41) is 11.5. The van der Waals surface area contributed by atoms with Crippen LogP contribution < -0.4 is 4.74 Å². The third-order valence-corrected chi connectivity index (χ3v) is 5.03. The molecular formula is C18H10Cl2F6N4O2S. The molecule has 2 aromatic carbocycles. The number of halogens is 8. The Morgan fingerprint density at radius 2 is 1.73 bits per heavy atom. The van der Waals surface area contributed by atoms with E-state index in [-0.39, 0.29) is 17.2 Å². The number of thioether (sulfide) groups is 1. The van der Waals surface area contributed by atoms with Crippen LogP contribution in [0.15, 0.2) is 40.5 Å². The lowest BCUT2D eigenvalue weighted by Gasteiger charge is -2.12. The van der Waals surface area contributed by atoms with Gasteiger partial charge in [0.2, 0.25) is 5.16 Å². The molecular weight excluding hydrogens is 521 g/mol. The highest BCUT2D eigenvalue weighted by Crippen LogP contribution is 2.40. The first-order valence-corrected chi connectivity index (χ1v) is 10.1. The Morgan fingerprint density at radius 3 is 2.27 bits per heavy atom. The zero-order valence-corrected chi connectivity index (χ0v) is 18.4. The number of phenolic OH excluding ortho intramolecular Hbond substituents is 1. The molecule has 1 N–H and O–H groups in total. The van der Waals surface area contributed by atoms with Gasteiger partial charge in [0.1, 0.15) is 5.69 Å². The van der Waals surface area contributed by atoms with Crippen molar-refractivity contribution in [1.82, 2.24) is 14.8 Å². The molecule has 0 aliphatic rings.